The standard InChI is InChI=1S/C42H77O13P/c1-3-5-7-9-11-13-15-17-19-21-23-25-27-29-31-36(44)54-34(33-53-56(50,51)55-42-40(48)38(46)37(45)39(47)41(42)49)32-52-35(43)30-28-26-24-22-20-18-16-14-12-10-8-6-4-2/h14-17,34,37-42,45-49H,3-13,18-33H2,1-2H3,(H,50,51)/b16-14-,17-15-/t34-,37?,38-,39?,40?,41?,42?/m1/s1. The quantitative estimate of drug-likeness (QED) is 0.0157. The Morgan fingerprint density at radius 3 is 1.38 bits per heavy atom. The van der Waals surface area contributed by atoms with Crippen molar-refractivity contribution in [3.8, 4) is 0 Å². The van der Waals surface area contributed by atoms with Gasteiger partial charge in [0.15, 0.2) is 6.10 Å². The molecule has 6 N–H and O–H groups in total. The molecule has 0 aromatic rings. The van der Waals surface area contributed by atoms with Crippen molar-refractivity contribution in [1.29, 1.82) is 0 Å². The van der Waals surface area contributed by atoms with Gasteiger partial charge in [-0.2, -0.15) is 0 Å². The fourth-order valence-electron chi connectivity index (χ4n) is 6.45. The largest absolute Gasteiger partial charge is 0.472 e. The summed E-state index contributed by atoms with van der Waals surface area (Å²) >= 11 is 0. The maximum absolute atomic E-state index is 12.8. The van der Waals surface area contributed by atoms with E-state index in [2.05, 4.69) is 38.2 Å². The maximum atomic E-state index is 12.8. The number of aliphatic hydroxyl groups excluding tert-OH is 5. The number of carbonyl (C=O) groups is 2. The molecule has 14 heteroatoms. The second-order valence-electron chi connectivity index (χ2n) is 15.2. The summed E-state index contributed by atoms with van der Waals surface area (Å²) in [5, 5.41) is 50.0. The summed E-state index contributed by atoms with van der Waals surface area (Å²) in [5.74, 6) is -1.12. The van der Waals surface area contributed by atoms with Crippen molar-refractivity contribution in [2.24, 2.45) is 0 Å². The SMILES string of the molecule is CCCCCC/C=C\CCCCCCCC(=O)OC[C@H](COP(=O)(O)OC1C(O)C(O)C(O)[C@@H](O)C1O)OC(=O)CCCCCCC/C=C\CCCCCCC. The maximum Gasteiger partial charge on any atom is 0.472 e. The first-order chi connectivity index (χ1) is 26.9. The number of phosphoric acid groups is 1. The van der Waals surface area contributed by atoms with Gasteiger partial charge in [0.2, 0.25) is 0 Å². The summed E-state index contributed by atoms with van der Waals surface area (Å²) in [6.45, 7) is 3.24. The molecule has 0 spiro atoms. The minimum Gasteiger partial charge on any atom is -0.462 e. The van der Waals surface area contributed by atoms with Gasteiger partial charge < -0.3 is 39.9 Å². The molecule has 0 radical (unpaired) electrons. The summed E-state index contributed by atoms with van der Waals surface area (Å²) in [7, 11) is -5.11. The normalized spacial score (nSPS) is 23.1. The van der Waals surface area contributed by atoms with E-state index in [-0.39, 0.29) is 12.8 Å². The van der Waals surface area contributed by atoms with Crippen molar-refractivity contribution in [2.45, 2.75) is 217 Å². The molecule has 0 bridgehead atoms. The molecule has 0 aromatic heterocycles. The van der Waals surface area contributed by atoms with Crippen molar-refractivity contribution in [2.75, 3.05) is 13.2 Å². The van der Waals surface area contributed by atoms with Crippen LogP contribution in [-0.4, -0.2) is 98.3 Å². The van der Waals surface area contributed by atoms with Gasteiger partial charge in [-0.25, -0.2) is 4.57 Å². The number of hydrogen-bond donors (Lipinski definition) is 6. The third kappa shape index (κ3) is 25.6. The van der Waals surface area contributed by atoms with Crippen molar-refractivity contribution >= 4 is 19.8 Å². The van der Waals surface area contributed by atoms with Crippen molar-refractivity contribution in [1.82, 2.24) is 0 Å². The number of hydrogen-bond acceptors (Lipinski definition) is 12. The highest BCUT2D eigenvalue weighted by Crippen LogP contribution is 2.47. The van der Waals surface area contributed by atoms with Crippen LogP contribution in [0.5, 0.6) is 0 Å². The Labute approximate surface area is 336 Å². The first kappa shape index (κ1) is 52.3. The fraction of sp³-hybridized carbons (Fsp3) is 0.857. The van der Waals surface area contributed by atoms with Crippen LogP contribution in [0.4, 0.5) is 0 Å². The molecular formula is C42H77O13P. The molecule has 1 rings (SSSR count). The van der Waals surface area contributed by atoms with Gasteiger partial charge in [-0.05, 0) is 64.2 Å². The Morgan fingerprint density at radius 2 is 0.911 bits per heavy atom. The number of rotatable bonds is 35. The van der Waals surface area contributed by atoms with E-state index in [4.69, 9.17) is 18.5 Å². The topological polar surface area (TPSA) is 210 Å². The van der Waals surface area contributed by atoms with Crippen LogP contribution >= 0.6 is 7.82 Å². The van der Waals surface area contributed by atoms with Crippen molar-refractivity contribution < 1.29 is 63.1 Å². The van der Waals surface area contributed by atoms with E-state index in [1.54, 1.807) is 0 Å². The lowest BCUT2D eigenvalue weighted by Gasteiger charge is -2.41. The number of ether oxygens (including phenoxy) is 2. The first-order valence-electron chi connectivity index (χ1n) is 21.6. The number of unbranched alkanes of at least 4 members (excludes halogenated alkanes) is 19. The van der Waals surface area contributed by atoms with Crippen LogP contribution in [-0.2, 0) is 32.7 Å². The Balaban J connectivity index is 2.51. The second kappa shape index (κ2) is 33.2. The fourth-order valence-corrected chi connectivity index (χ4v) is 7.42. The molecule has 1 saturated carbocycles. The van der Waals surface area contributed by atoms with E-state index in [0.717, 1.165) is 77.0 Å². The zero-order valence-electron chi connectivity index (χ0n) is 34.4. The third-order valence-electron chi connectivity index (χ3n) is 10.0. The Hall–Kier alpha value is -1.67. The lowest BCUT2D eigenvalue weighted by atomic mass is 9.85. The van der Waals surface area contributed by atoms with Crippen LogP contribution in [0.1, 0.15) is 174 Å². The zero-order chi connectivity index (χ0) is 41.4. The summed E-state index contributed by atoms with van der Waals surface area (Å²) in [4.78, 5) is 35.6. The average Bonchev–Trinajstić information content (AvgIpc) is 3.18. The van der Waals surface area contributed by atoms with Gasteiger partial charge in [0.25, 0.3) is 0 Å². The molecular weight excluding hydrogens is 743 g/mol. The Bertz CT molecular complexity index is 1090. The Morgan fingerprint density at radius 1 is 0.536 bits per heavy atom. The highest BCUT2D eigenvalue weighted by molar-refractivity contribution is 7.47. The monoisotopic (exact) mass is 821 g/mol. The van der Waals surface area contributed by atoms with Crippen LogP contribution in [0, 0.1) is 0 Å². The highest BCUT2D eigenvalue weighted by atomic mass is 31.2. The van der Waals surface area contributed by atoms with E-state index < -0.39 is 75.7 Å². The molecule has 0 amide bonds. The molecule has 13 nitrogen and oxygen atoms in total. The predicted molar refractivity (Wildman–Crippen MR) is 217 cm³/mol. The lowest BCUT2D eigenvalue weighted by Crippen LogP contribution is -2.64. The molecule has 8 atom stereocenters. The molecule has 0 aliphatic heterocycles. The molecule has 1 aliphatic rings. The molecule has 1 aliphatic carbocycles. The van der Waals surface area contributed by atoms with Gasteiger partial charge in [0.05, 0.1) is 6.61 Å². The summed E-state index contributed by atoms with van der Waals surface area (Å²) in [6.07, 6.45) is 21.0. The molecule has 0 heterocycles. The van der Waals surface area contributed by atoms with E-state index in [1.807, 2.05) is 0 Å². The molecule has 1 fully saturated rings. The predicted octanol–water partition coefficient (Wildman–Crippen LogP) is 7.67. The first-order valence-corrected chi connectivity index (χ1v) is 23.1. The number of esters is 2. The number of aliphatic hydroxyl groups is 5. The van der Waals surface area contributed by atoms with E-state index >= 15 is 0 Å². The van der Waals surface area contributed by atoms with Crippen LogP contribution < -0.4 is 0 Å². The van der Waals surface area contributed by atoms with Gasteiger partial charge in [0.1, 0.15) is 43.2 Å². The Kier molecular flexibility index (Phi) is 31.0. The van der Waals surface area contributed by atoms with E-state index in [9.17, 15) is 44.6 Å². The van der Waals surface area contributed by atoms with Crippen LogP contribution in [0.15, 0.2) is 24.3 Å². The van der Waals surface area contributed by atoms with Crippen LogP contribution in [0.2, 0.25) is 0 Å². The second-order valence-corrected chi connectivity index (χ2v) is 16.6. The minimum atomic E-state index is -5.11. The molecule has 56 heavy (non-hydrogen) atoms. The molecule has 0 saturated heterocycles. The lowest BCUT2D eigenvalue weighted by molar-refractivity contribution is -0.220. The number of allylic oxidation sites excluding steroid dienone is 4. The van der Waals surface area contributed by atoms with Crippen LogP contribution in [0.25, 0.3) is 0 Å². The van der Waals surface area contributed by atoms with Crippen LogP contribution in [0.3, 0.4) is 0 Å². The minimum absolute atomic E-state index is 0.0863. The zero-order valence-corrected chi connectivity index (χ0v) is 35.3. The van der Waals surface area contributed by atoms with E-state index in [0.29, 0.717) is 12.8 Å². The molecule has 328 valence electrons. The third-order valence-corrected chi connectivity index (χ3v) is 11.0. The summed E-state index contributed by atoms with van der Waals surface area (Å²) in [6, 6.07) is 0. The average molecular weight is 821 g/mol. The summed E-state index contributed by atoms with van der Waals surface area (Å²) in [5.41, 5.74) is 0. The highest BCUT2D eigenvalue weighted by Gasteiger charge is 2.51. The molecule has 0 aromatic carbocycles. The van der Waals surface area contributed by atoms with Crippen molar-refractivity contribution in [3.05, 3.63) is 24.3 Å². The van der Waals surface area contributed by atoms with Gasteiger partial charge in [-0.3, -0.25) is 18.6 Å². The van der Waals surface area contributed by atoms with Gasteiger partial charge in [-0.1, -0.05) is 122 Å². The number of carbonyl (C=O) groups excluding carboxylic acids is 2. The van der Waals surface area contributed by atoms with E-state index in [1.165, 1.54) is 57.8 Å². The van der Waals surface area contributed by atoms with Gasteiger partial charge in [-0.15, -0.1) is 0 Å². The van der Waals surface area contributed by atoms with Gasteiger partial charge in [0, 0.05) is 12.8 Å². The molecule has 6 unspecified atom stereocenters. The summed E-state index contributed by atoms with van der Waals surface area (Å²) < 4.78 is 33.4. The van der Waals surface area contributed by atoms with Crippen molar-refractivity contribution in [3.63, 3.8) is 0 Å². The van der Waals surface area contributed by atoms with Gasteiger partial charge >= 0.3 is 19.8 Å². The smallest absolute Gasteiger partial charge is 0.462 e. The number of phosphoric ester groups is 1.